The van der Waals surface area contributed by atoms with Gasteiger partial charge in [0.25, 0.3) is 0 Å². The molecule has 6 heteroatoms. The number of nitrogen functional groups attached to an aromatic ring is 1. The number of anilines is 2. The van der Waals surface area contributed by atoms with E-state index >= 15 is 0 Å². The Morgan fingerprint density at radius 2 is 2.39 bits per heavy atom. The minimum Gasteiger partial charge on any atom is -0.391 e. The lowest BCUT2D eigenvalue weighted by molar-refractivity contribution is 0.191. The van der Waals surface area contributed by atoms with E-state index < -0.39 is 0 Å². The lowest BCUT2D eigenvalue weighted by Gasteiger charge is -2.28. The van der Waals surface area contributed by atoms with Gasteiger partial charge in [0.05, 0.1) is 6.10 Å². The van der Waals surface area contributed by atoms with Crippen molar-refractivity contribution in [1.29, 1.82) is 0 Å². The van der Waals surface area contributed by atoms with Crippen molar-refractivity contribution in [3.63, 3.8) is 0 Å². The average molecular weight is 251 g/mol. The number of nitrogens with two attached hydrogens (primary N) is 1. The summed E-state index contributed by atoms with van der Waals surface area (Å²) < 4.78 is 0. The van der Waals surface area contributed by atoms with Gasteiger partial charge in [0.2, 0.25) is 0 Å². The van der Waals surface area contributed by atoms with E-state index in [1.165, 1.54) is 0 Å². The quantitative estimate of drug-likeness (QED) is 0.511. The molecule has 4 N–H and O–H groups in total. The van der Waals surface area contributed by atoms with Crippen LogP contribution in [0.1, 0.15) is 6.42 Å². The highest BCUT2D eigenvalue weighted by Gasteiger charge is 2.31. The Morgan fingerprint density at radius 1 is 1.61 bits per heavy atom. The zero-order chi connectivity index (χ0) is 13.1. The predicted octanol–water partition coefficient (Wildman–Crippen LogP) is -0.132. The van der Waals surface area contributed by atoms with E-state index in [9.17, 15) is 5.11 Å². The number of hydrogen-bond donors (Lipinski definition) is 3. The molecule has 1 aliphatic rings. The molecular formula is C12H21N5O. The third-order valence-electron chi connectivity index (χ3n) is 3.19. The summed E-state index contributed by atoms with van der Waals surface area (Å²) in [4.78, 5) is 8.45. The van der Waals surface area contributed by atoms with Crippen LogP contribution in [0.2, 0.25) is 0 Å². The Morgan fingerprint density at radius 3 is 3.06 bits per heavy atom. The molecule has 2 atom stereocenters. The van der Waals surface area contributed by atoms with Crippen molar-refractivity contribution in [3.05, 3.63) is 18.3 Å². The molecule has 0 aliphatic carbocycles. The van der Waals surface area contributed by atoms with Gasteiger partial charge in [-0.05, 0) is 26.6 Å². The number of nitrogens with one attached hydrogen (secondary N) is 1. The largest absolute Gasteiger partial charge is 0.391 e. The highest BCUT2D eigenvalue weighted by atomic mass is 16.3. The molecule has 18 heavy (non-hydrogen) atoms. The second-order valence-electron chi connectivity index (χ2n) is 5.00. The summed E-state index contributed by atoms with van der Waals surface area (Å²) in [6.45, 7) is 1.58. The number of nitrogens with zero attached hydrogens (tertiary/aromatic N) is 3. The zero-order valence-corrected chi connectivity index (χ0v) is 10.9. The summed E-state index contributed by atoms with van der Waals surface area (Å²) >= 11 is 0. The first-order valence-corrected chi connectivity index (χ1v) is 6.12. The van der Waals surface area contributed by atoms with Crippen LogP contribution in [0.5, 0.6) is 0 Å². The van der Waals surface area contributed by atoms with Crippen molar-refractivity contribution in [2.45, 2.75) is 18.6 Å². The van der Waals surface area contributed by atoms with Gasteiger partial charge >= 0.3 is 0 Å². The monoisotopic (exact) mass is 251 g/mol. The molecule has 0 saturated carbocycles. The Bertz CT molecular complexity index is 398. The standard InChI is InChI=1S/C12H21N5O/c1-16(2)7-10-5-11(18)8-17(10)9-3-4-14-12(6-9)15-13/h3-4,6,10-11,18H,5,7-8,13H2,1-2H3,(H,14,15). The molecule has 1 aromatic heterocycles. The third kappa shape index (κ3) is 2.90. The van der Waals surface area contributed by atoms with Gasteiger partial charge in [-0.25, -0.2) is 10.8 Å². The van der Waals surface area contributed by atoms with Crippen molar-refractivity contribution in [3.8, 4) is 0 Å². The van der Waals surface area contributed by atoms with E-state index in [1.54, 1.807) is 6.20 Å². The molecule has 0 bridgehead atoms. The Balaban J connectivity index is 2.18. The normalized spacial score (nSPS) is 23.7. The lowest BCUT2D eigenvalue weighted by atomic mass is 10.2. The number of aromatic nitrogens is 1. The predicted molar refractivity (Wildman–Crippen MR) is 72.4 cm³/mol. The van der Waals surface area contributed by atoms with Gasteiger partial charge in [-0.1, -0.05) is 0 Å². The number of pyridine rings is 1. The maximum Gasteiger partial charge on any atom is 0.141 e. The maximum absolute atomic E-state index is 9.85. The van der Waals surface area contributed by atoms with Crippen molar-refractivity contribution in [1.82, 2.24) is 9.88 Å². The first-order valence-electron chi connectivity index (χ1n) is 6.12. The smallest absolute Gasteiger partial charge is 0.141 e. The van der Waals surface area contributed by atoms with Crippen LogP contribution >= 0.6 is 0 Å². The number of aliphatic hydroxyl groups is 1. The van der Waals surface area contributed by atoms with Crippen molar-refractivity contribution < 1.29 is 5.11 Å². The fraction of sp³-hybridized carbons (Fsp3) is 0.583. The molecule has 0 radical (unpaired) electrons. The molecule has 6 nitrogen and oxygen atoms in total. The molecule has 100 valence electrons. The van der Waals surface area contributed by atoms with Gasteiger partial charge in [-0.2, -0.15) is 0 Å². The summed E-state index contributed by atoms with van der Waals surface area (Å²) in [6, 6.07) is 4.17. The van der Waals surface area contributed by atoms with E-state index in [0.29, 0.717) is 18.4 Å². The van der Waals surface area contributed by atoms with Gasteiger partial charge in [-0.3, -0.25) is 0 Å². The third-order valence-corrected chi connectivity index (χ3v) is 3.19. The van der Waals surface area contributed by atoms with Crippen LogP contribution in [0.3, 0.4) is 0 Å². The van der Waals surface area contributed by atoms with Crippen molar-refractivity contribution >= 4 is 11.5 Å². The molecule has 2 heterocycles. The summed E-state index contributed by atoms with van der Waals surface area (Å²) in [5, 5.41) is 9.85. The SMILES string of the molecule is CN(C)CC1CC(O)CN1c1ccnc(NN)c1. The highest BCUT2D eigenvalue weighted by molar-refractivity contribution is 5.55. The minimum atomic E-state index is -0.266. The first kappa shape index (κ1) is 13.1. The van der Waals surface area contributed by atoms with Gasteiger partial charge in [-0.15, -0.1) is 0 Å². The first-order chi connectivity index (χ1) is 8.60. The Labute approximate surface area is 107 Å². The molecular weight excluding hydrogens is 230 g/mol. The molecule has 2 unspecified atom stereocenters. The molecule has 1 aromatic rings. The van der Waals surface area contributed by atoms with Gasteiger partial charge in [0.15, 0.2) is 0 Å². The van der Waals surface area contributed by atoms with Crippen LogP contribution in [0, 0.1) is 0 Å². The van der Waals surface area contributed by atoms with Crippen LogP contribution in [0.15, 0.2) is 18.3 Å². The van der Waals surface area contributed by atoms with Crippen LogP contribution in [0.4, 0.5) is 11.5 Å². The molecule has 2 rings (SSSR count). The second-order valence-corrected chi connectivity index (χ2v) is 5.00. The molecule has 1 aliphatic heterocycles. The minimum absolute atomic E-state index is 0.266. The van der Waals surface area contributed by atoms with Crippen LogP contribution in [0.25, 0.3) is 0 Å². The number of hydrazine groups is 1. The molecule has 1 fully saturated rings. The van der Waals surface area contributed by atoms with Gasteiger partial charge in [0.1, 0.15) is 5.82 Å². The number of likely N-dealkylation sites (N-methyl/N-ethyl adjacent to an activating group) is 1. The Hall–Kier alpha value is -1.37. The number of β-amino-alcohol motifs (C(OH)–C–C–N with tert-alkyl or cyclic N) is 1. The van der Waals surface area contributed by atoms with E-state index in [4.69, 9.17) is 5.84 Å². The van der Waals surface area contributed by atoms with Crippen LogP contribution < -0.4 is 16.2 Å². The number of hydrogen-bond acceptors (Lipinski definition) is 6. The molecule has 0 amide bonds. The summed E-state index contributed by atoms with van der Waals surface area (Å²) in [6.07, 6.45) is 2.26. The van der Waals surface area contributed by atoms with Crippen molar-refractivity contribution in [2.24, 2.45) is 5.84 Å². The van der Waals surface area contributed by atoms with E-state index in [1.807, 2.05) is 26.2 Å². The fourth-order valence-electron chi connectivity index (χ4n) is 2.48. The van der Waals surface area contributed by atoms with Crippen LogP contribution in [-0.4, -0.2) is 54.3 Å². The molecule has 0 aromatic carbocycles. The van der Waals surface area contributed by atoms with E-state index in [2.05, 4.69) is 20.2 Å². The van der Waals surface area contributed by atoms with Crippen LogP contribution in [-0.2, 0) is 0 Å². The summed E-state index contributed by atoms with van der Waals surface area (Å²) in [5.41, 5.74) is 3.59. The second kappa shape index (κ2) is 5.51. The summed E-state index contributed by atoms with van der Waals surface area (Å²) in [5.74, 6) is 6.01. The fourth-order valence-corrected chi connectivity index (χ4v) is 2.48. The zero-order valence-electron chi connectivity index (χ0n) is 10.9. The maximum atomic E-state index is 9.85. The summed E-state index contributed by atoms with van der Waals surface area (Å²) in [7, 11) is 4.09. The van der Waals surface area contributed by atoms with E-state index in [0.717, 1.165) is 18.7 Å². The lowest BCUT2D eigenvalue weighted by Crippen LogP contribution is -2.37. The van der Waals surface area contributed by atoms with E-state index in [-0.39, 0.29) is 6.10 Å². The highest BCUT2D eigenvalue weighted by Crippen LogP contribution is 2.27. The number of rotatable bonds is 4. The Kier molecular flexibility index (Phi) is 4.00. The number of aliphatic hydroxyl groups excluding tert-OH is 1. The van der Waals surface area contributed by atoms with Crippen molar-refractivity contribution in [2.75, 3.05) is 37.5 Å². The average Bonchev–Trinajstić information content (AvgIpc) is 2.69. The van der Waals surface area contributed by atoms with Gasteiger partial charge in [0, 0.05) is 37.1 Å². The van der Waals surface area contributed by atoms with Gasteiger partial charge < -0.3 is 20.3 Å². The molecule has 0 spiro atoms. The molecule has 1 saturated heterocycles. The topological polar surface area (TPSA) is 77.7 Å².